The lowest BCUT2D eigenvalue weighted by Crippen LogP contribution is -2.49. The first-order valence-electron chi connectivity index (χ1n) is 9.23. The molecule has 1 fully saturated rings. The van der Waals surface area contributed by atoms with Gasteiger partial charge in [-0.25, -0.2) is 9.67 Å². The molecule has 9 heteroatoms. The molecule has 2 aromatic heterocycles. The number of methoxy groups -OCH3 is 1. The number of nitrogens with zero attached hydrogens (tertiary/aromatic N) is 5. The Morgan fingerprint density at radius 3 is 2.76 bits per heavy atom. The maximum absolute atomic E-state index is 12.8. The van der Waals surface area contributed by atoms with E-state index in [9.17, 15) is 9.59 Å². The SMILES string of the molecule is COc1cc(N2CCN(C(=O)Cn3nc(C=O)c4cccnc43)CC2)ccc1Cl. The van der Waals surface area contributed by atoms with Crippen LogP contribution in [0, 0.1) is 0 Å². The minimum atomic E-state index is -0.0501. The summed E-state index contributed by atoms with van der Waals surface area (Å²) in [4.78, 5) is 32.3. The highest BCUT2D eigenvalue weighted by atomic mass is 35.5. The van der Waals surface area contributed by atoms with Gasteiger partial charge in [-0.3, -0.25) is 9.59 Å². The second-order valence-corrected chi connectivity index (χ2v) is 7.13. The summed E-state index contributed by atoms with van der Waals surface area (Å²) in [5, 5.41) is 5.45. The standard InChI is InChI=1S/C20H20ClN5O3/c1-29-18-11-14(4-5-16(18)21)24-7-9-25(10-8-24)19(28)12-26-20-15(3-2-6-22-20)17(13-27)23-26/h2-6,11,13H,7-10,12H2,1H3. The summed E-state index contributed by atoms with van der Waals surface area (Å²) in [5.74, 6) is 0.581. The molecular weight excluding hydrogens is 394 g/mol. The molecule has 0 atom stereocenters. The van der Waals surface area contributed by atoms with Gasteiger partial charge in [0.25, 0.3) is 0 Å². The quantitative estimate of drug-likeness (QED) is 0.597. The van der Waals surface area contributed by atoms with E-state index in [0.29, 0.717) is 60.0 Å². The van der Waals surface area contributed by atoms with E-state index in [1.807, 2.05) is 18.2 Å². The van der Waals surface area contributed by atoms with E-state index in [1.54, 1.807) is 30.3 Å². The number of carbonyl (C=O) groups is 2. The summed E-state index contributed by atoms with van der Waals surface area (Å²) < 4.78 is 6.78. The lowest BCUT2D eigenvalue weighted by Gasteiger charge is -2.36. The fraction of sp³-hybridized carbons (Fsp3) is 0.300. The summed E-state index contributed by atoms with van der Waals surface area (Å²) in [6, 6.07) is 9.19. The van der Waals surface area contributed by atoms with Crippen LogP contribution < -0.4 is 9.64 Å². The number of rotatable bonds is 5. The van der Waals surface area contributed by atoms with Crippen molar-refractivity contribution in [2.45, 2.75) is 6.54 Å². The maximum Gasteiger partial charge on any atom is 0.244 e. The number of aromatic nitrogens is 3. The predicted molar refractivity (Wildman–Crippen MR) is 110 cm³/mol. The number of anilines is 1. The highest BCUT2D eigenvalue weighted by Crippen LogP contribution is 2.29. The van der Waals surface area contributed by atoms with Crippen LogP contribution in [0.1, 0.15) is 10.5 Å². The summed E-state index contributed by atoms with van der Waals surface area (Å²) in [7, 11) is 1.59. The Morgan fingerprint density at radius 2 is 2.03 bits per heavy atom. The Kier molecular flexibility index (Phi) is 5.35. The second kappa shape index (κ2) is 8.08. The number of aldehydes is 1. The van der Waals surface area contributed by atoms with Crippen LogP contribution in [0.25, 0.3) is 11.0 Å². The Bertz CT molecular complexity index is 1060. The van der Waals surface area contributed by atoms with Gasteiger partial charge in [-0.1, -0.05) is 11.6 Å². The first-order chi connectivity index (χ1) is 14.1. The molecule has 4 rings (SSSR count). The highest BCUT2D eigenvalue weighted by Gasteiger charge is 2.23. The molecule has 0 bridgehead atoms. The van der Waals surface area contributed by atoms with Crippen molar-refractivity contribution in [2.75, 3.05) is 38.2 Å². The molecule has 8 nitrogen and oxygen atoms in total. The molecule has 0 N–H and O–H groups in total. The fourth-order valence-electron chi connectivity index (χ4n) is 3.52. The number of piperazine rings is 1. The van der Waals surface area contributed by atoms with Crippen molar-refractivity contribution in [3.05, 3.63) is 47.2 Å². The highest BCUT2D eigenvalue weighted by molar-refractivity contribution is 6.32. The van der Waals surface area contributed by atoms with Gasteiger partial charge in [0.05, 0.1) is 12.1 Å². The number of halogens is 1. The molecule has 3 heterocycles. The summed E-state index contributed by atoms with van der Waals surface area (Å²) in [5.41, 5.74) is 1.84. The zero-order valence-electron chi connectivity index (χ0n) is 15.9. The monoisotopic (exact) mass is 413 g/mol. The Labute approximate surface area is 172 Å². The van der Waals surface area contributed by atoms with Crippen molar-refractivity contribution in [3.63, 3.8) is 0 Å². The molecule has 0 spiro atoms. The Balaban J connectivity index is 1.43. The van der Waals surface area contributed by atoms with E-state index in [2.05, 4.69) is 15.0 Å². The van der Waals surface area contributed by atoms with Gasteiger partial charge < -0.3 is 14.5 Å². The Morgan fingerprint density at radius 1 is 1.24 bits per heavy atom. The topological polar surface area (TPSA) is 80.6 Å². The summed E-state index contributed by atoms with van der Waals surface area (Å²) in [6.07, 6.45) is 2.31. The van der Waals surface area contributed by atoms with Crippen molar-refractivity contribution in [1.82, 2.24) is 19.7 Å². The molecule has 3 aromatic rings. The molecule has 1 aromatic carbocycles. The van der Waals surface area contributed by atoms with E-state index in [4.69, 9.17) is 16.3 Å². The molecule has 0 radical (unpaired) electrons. The number of fused-ring (bicyclic) bond motifs is 1. The number of amides is 1. The van der Waals surface area contributed by atoms with Gasteiger partial charge >= 0.3 is 0 Å². The van der Waals surface area contributed by atoms with Crippen LogP contribution in [-0.4, -0.2) is 65.1 Å². The number of benzene rings is 1. The summed E-state index contributed by atoms with van der Waals surface area (Å²) >= 11 is 6.10. The first-order valence-corrected chi connectivity index (χ1v) is 9.61. The molecule has 0 unspecified atom stereocenters. The van der Waals surface area contributed by atoms with Gasteiger partial charge in [0.2, 0.25) is 5.91 Å². The normalized spacial score (nSPS) is 14.3. The lowest BCUT2D eigenvalue weighted by atomic mass is 10.2. The largest absolute Gasteiger partial charge is 0.495 e. The molecule has 0 saturated carbocycles. The van der Waals surface area contributed by atoms with Crippen LogP contribution in [0.5, 0.6) is 5.75 Å². The van der Waals surface area contributed by atoms with Gasteiger partial charge in [-0.2, -0.15) is 5.10 Å². The van der Waals surface area contributed by atoms with Gasteiger partial charge in [-0.15, -0.1) is 0 Å². The first kappa shape index (κ1) is 19.2. The zero-order chi connectivity index (χ0) is 20.4. The number of pyridine rings is 1. The summed E-state index contributed by atoms with van der Waals surface area (Å²) in [6.45, 7) is 2.65. The van der Waals surface area contributed by atoms with Crippen LogP contribution in [0.4, 0.5) is 5.69 Å². The third-order valence-corrected chi connectivity index (χ3v) is 5.38. The van der Waals surface area contributed by atoms with Gasteiger partial charge in [0.1, 0.15) is 18.0 Å². The third kappa shape index (κ3) is 3.75. The van der Waals surface area contributed by atoms with Gasteiger partial charge in [-0.05, 0) is 24.3 Å². The number of ether oxygens (including phenoxy) is 1. The van der Waals surface area contributed by atoms with Crippen LogP contribution in [0.2, 0.25) is 5.02 Å². The van der Waals surface area contributed by atoms with Gasteiger partial charge in [0, 0.05) is 49.5 Å². The lowest BCUT2D eigenvalue weighted by molar-refractivity contribution is -0.132. The van der Waals surface area contributed by atoms with Crippen molar-refractivity contribution in [1.29, 1.82) is 0 Å². The minimum Gasteiger partial charge on any atom is -0.495 e. The van der Waals surface area contributed by atoms with Crippen LogP contribution in [0.15, 0.2) is 36.5 Å². The predicted octanol–water partition coefficient (Wildman–Crippen LogP) is 2.25. The Hall–Kier alpha value is -3.13. The molecule has 0 aliphatic carbocycles. The van der Waals surface area contributed by atoms with Crippen molar-refractivity contribution in [3.8, 4) is 5.75 Å². The molecule has 1 amide bonds. The average Bonchev–Trinajstić information content (AvgIpc) is 3.12. The van der Waals surface area contributed by atoms with Crippen molar-refractivity contribution < 1.29 is 14.3 Å². The van der Waals surface area contributed by atoms with Crippen molar-refractivity contribution in [2.24, 2.45) is 0 Å². The van der Waals surface area contributed by atoms with Crippen LogP contribution in [0.3, 0.4) is 0 Å². The zero-order valence-corrected chi connectivity index (χ0v) is 16.7. The van der Waals surface area contributed by atoms with Crippen LogP contribution >= 0.6 is 11.6 Å². The second-order valence-electron chi connectivity index (χ2n) is 6.72. The van der Waals surface area contributed by atoms with Crippen molar-refractivity contribution >= 4 is 40.5 Å². The van der Waals surface area contributed by atoms with E-state index in [-0.39, 0.29) is 12.5 Å². The van der Waals surface area contributed by atoms with Gasteiger partial charge in [0.15, 0.2) is 11.9 Å². The van der Waals surface area contributed by atoms with Crippen LogP contribution in [-0.2, 0) is 11.3 Å². The van der Waals surface area contributed by atoms with E-state index in [1.165, 1.54) is 4.68 Å². The minimum absolute atomic E-state index is 0.0501. The van der Waals surface area contributed by atoms with E-state index in [0.717, 1.165) is 5.69 Å². The molecule has 150 valence electrons. The maximum atomic E-state index is 12.8. The fourth-order valence-corrected chi connectivity index (χ4v) is 3.71. The molecule has 1 saturated heterocycles. The molecule has 1 aliphatic rings. The van der Waals surface area contributed by atoms with E-state index >= 15 is 0 Å². The third-order valence-electron chi connectivity index (χ3n) is 5.06. The van der Waals surface area contributed by atoms with E-state index < -0.39 is 0 Å². The smallest absolute Gasteiger partial charge is 0.244 e. The molecular formula is C20H20ClN5O3. The molecule has 29 heavy (non-hydrogen) atoms. The number of hydrogen-bond acceptors (Lipinski definition) is 6. The average molecular weight is 414 g/mol. The number of hydrogen-bond donors (Lipinski definition) is 0. The molecule has 1 aliphatic heterocycles. The number of carbonyl (C=O) groups excluding carboxylic acids is 2.